The monoisotopic (exact) mass is 316 g/mol. The topological polar surface area (TPSA) is 0 Å². The fourth-order valence-corrected chi connectivity index (χ4v) is 3.49. The molecule has 2 aromatic rings. The molecule has 0 radical (unpaired) electrons. The molecule has 0 N–H and O–H groups in total. The standard InChI is InChI=1S/C24H28/c1-3-4-20-11-15-23(16-12-20)24-17-13-22(14-18-24)10-9-21-7-5-19(2)6-8-21/h11-19,21H,3-8H2,1-2H3. The first-order chi connectivity index (χ1) is 11.7. The van der Waals surface area contributed by atoms with Crippen LogP contribution in [0, 0.1) is 23.7 Å². The van der Waals surface area contributed by atoms with Crippen LogP contribution in [0.5, 0.6) is 0 Å². The largest absolute Gasteiger partial charge is 0.0945 e. The highest BCUT2D eigenvalue weighted by Gasteiger charge is 2.15. The normalized spacial score (nSPS) is 20.2. The first-order valence-corrected chi connectivity index (χ1v) is 9.45. The molecule has 0 heterocycles. The summed E-state index contributed by atoms with van der Waals surface area (Å²) in [5, 5.41) is 0. The first kappa shape index (κ1) is 16.8. The minimum Gasteiger partial charge on any atom is -0.0945 e. The van der Waals surface area contributed by atoms with Crippen LogP contribution in [-0.2, 0) is 6.42 Å². The Morgan fingerprint density at radius 1 is 0.833 bits per heavy atom. The second-order valence-corrected chi connectivity index (χ2v) is 7.25. The molecule has 0 heteroatoms. The van der Waals surface area contributed by atoms with Gasteiger partial charge in [0.25, 0.3) is 0 Å². The van der Waals surface area contributed by atoms with Crippen LogP contribution in [0.3, 0.4) is 0 Å². The van der Waals surface area contributed by atoms with E-state index in [1.54, 1.807) is 0 Å². The molecule has 0 spiro atoms. The summed E-state index contributed by atoms with van der Waals surface area (Å²) in [6.45, 7) is 4.58. The van der Waals surface area contributed by atoms with Crippen molar-refractivity contribution < 1.29 is 0 Å². The van der Waals surface area contributed by atoms with Crippen molar-refractivity contribution in [2.75, 3.05) is 0 Å². The molecule has 3 rings (SSSR count). The third-order valence-corrected chi connectivity index (χ3v) is 5.15. The van der Waals surface area contributed by atoms with E-state index in [2.05, 4.69) is 74.2 Å². The van der Waals surface area contributed by atoms with Crippen LogP contribution in [0.2, 0.25) is 0 Å². The van der Waals surface area contributed by atoms with Gasteiger partial charge < -0.3 is 0 Å². The molecule has 0 aromatic heterocycles. The van der Waals surface area contributed by atoms with Gasteiger partial charge in [-0.1, -0.05) is 68.5 Å². The van der Waals surface area contributed by atoms with Crippen molar-refractivity contribution in [1.29, 1.82) is 0 Å². The van der Waals surface area contributed by atoms with Crippen molar-refractivity contribution in [3.63, 3.8) is 0 Å². The van der Waals surface area contributed by atoms with Crippen LogP contribution >= 0.6 is 0 Å². The minimum atomic E-state index is 0.604. The summed E-state index contributed by atoms with van der Waals surface area (Å²) >= 11 is 0. The minimum absolute atomic E-state index is 0.604. The van der Waals surface area contributed by atoms with Gasteiger partial charge in [0, 0.05) is 11.5 Å². The lowest BCUT2D eigenvalue weighted by Crippen LogP contribution is -2.10. The zero-order chi connectivity index (χ0) is 16.8. The van der Waals surface area contributed by atoms with Gasteiger partial charge in [0.1, 0.15) is 0 Å². The van der Waals surface area contributed by atoms with Crippen LogP contribution < -0.4 is 0 Å². The molecule has 0 unspecified atom stereocenters. The van der Waals surface area contributed by atoms with Crippen LogP contribution in [0.15, 0.2) is 48.5 Å². The lowest BCUT2D eigenvalue weighted by Gasteiger charge is -2.21. The fraction of sp³-hybridized carbons (Fsp3) is 0.417. The first-order valence-electron chi connectivity index (χ1n) is 9.45. The van der Waals surface area contributed by atoms with Gasteiger partial charge in [-0.3, -0.25) is 0 Å². The molecule has 124 valence electrons. The average molecular weight is 316 g/mol. The van der Waals surface area contributed by atoms with E-state index >= 15 is 0 Å². The maximum absolute atomic E-state index is 3.49. The Bertz CT molecular complexity index is 686. The van der Waals surface area contributed by atoms with Gasteiger partial charge in [-0.05, 0) is 66.8 Å². The summed E-state index contributed by atoms with van der Waals surface area (Å²) in [5.74, 6) is 8.37. The quantitative estimate of drug-likeness (QED) is 0.568. The predicted octanol–water partition coefficient (Wildman–Crippen LogP) is 6.48. The number of hydrogen-bond donors (Lipinski definition) is 0. The smallest absolute Gasteiger partial charge is 0.0245 e. The molecule has 1 aliphatic carbocycles. The van der Waals surface area contributed by atoms with Gasteiger partial charge in [-0.15, -0.1) is 0 Å². The van der Waals surface area contributed by atoms with Crippen molar-refractivity contribution >= 4 is 0 Å². The summed E-state index contributed by atoms with van der Waals surface area (Å²) < 4.78 is 0. The summed E-state index contributed by atoms with van der Waals surface area (Å²) in [5.41, 5.74) is 5.12. The third-order valence-electron chi connectivity index (χ3n) is 5.15. The lowest BCUT2D eigenvalue weighted by molar-refractivity contribution is 0.337. The van der Waals surface area contributed by atoms with E-state index in [4.69, 9.17) is 0 Å². The third kappa shape index (κ3) is 4.51. The maximum Gasteiger partial charge on any atom is 0.0245 e. The SMILES string of the molecule is CCCc1ccc(-c2ccc(C#CC3CCC(C)CC3)cc2)cc1. The van der Waals surface area contributed by atoms with E-state index in [1.807, 2.05) is 0 Å². The Morgan fingerprint density at radius 2 is 1.42 bits per heavy atom. The molecular weight excluding hydrogens is 288 g/mol. The zero-order valence-electron chi connectivity index (χ0n) is 15.0. The fourth-order valence-electron chi connectivity index (χ4n) is 3.49. The molecular formula is C24H28. The van der Waals surface area contributed by atoms with Crippen molar-refractivity contribution in [2.45, 2.75) is 52.4 Å². The highest BCUT2D eigenvalue weighted by atomic mass is 14.2. The maximum atomic E-state index is 3.49. The Kier molecular flexibility index (Phi) is 5.76. The second-order valence-electron chi connectivity index (χ2n) is 7.25. The van der Waals surface area contributed by atoms with Crippen LogP contribution in [-0.4, -0.2) is 0 Å². The van der Waals surface area contributed by atoms with Crippen molar-refractivity contribution in [2.24, 2.45) is 11.8 Å². The van der Waals surface area contributed by atoms with Gasteiger partial charge in [0.2, 0.25) is 0 Å². The highest BCUT2D eigenvalue weighted by molar-refractivity contribution is 5.64. The van der Waals surface area contributed by atoms with Crippen molar-refractivity contribution in [3.05, 3.63) is 59.7 Å². The Balaban J connectivity index is 1.65. The highest BCUT2D eigenvalue weighted by Crippen LogP contribution is 2.27. The molecule has 24 heavy (non-hydrogen) atoms. The molecule has 1 fully saturated rings. The second kappa shape index (κ2) is 8.20. The number of hydrogen-bond acceptors (Lipinski definition) is 0. The number of aryl methyl sites for hydroxylation is 1. The number of rotatable bonds is 3. The van der Waals surface area contributed by atoms with Crippen molar-refractivity contribution in [3.8, 4) is 23.0 Å². The lowest BCUT2D eigenvalue weighted by atomic mass is 9.83. The Morgan fingerprint density at radius 3 is 2.00 bits per heavy atom. The van der Waals surface area contributed by atoms with Crippen molar-refractivity contribution in [1.82, 2.24) is 0 Å². The summed E-state index contributed by atoms with van der Waals surface area (Å²) in [6.07, 6.45) is 7.59. The van der Waals surface area contributed by atoms with Gasteiger partial charge in [0.05, 0.1) is 0 Å². The van der Waals surface area contributed by atoms with Crippen LogP contribution in [0.1, 0.15) is 57.1 Å². The average Bonchev–Trinajstić information content (AvgIpc) is 2.63. The molecule has 2 aromatic carbocycles. The number of benzene rings is 2. The molecule has 0 aliphatic heterocycles. The summed E-state index contributed by atoms with van der Waals surface area (Å²) in [4.78, 5) is 0. The molecule has 0 amide bonds. The van der Waals surface area contributed by atoms with E-state index in [1.165, 1.54) is 48.8 Å². The molecule has 0 nitrogen and oxygen atoms in total. The van der Waals surface area contributed by atoms with E-state index < -0.39 is 0 Å². The van der Waals surface area contributed by atoms with Gasteiger partial charge in [0.15, 0.2) is 0 Å². The van der Waals surface area contributed by atoms with Gasteiger partial charge >= 0.3 is 0 Å². The molecule has 1 aliphatic rings. The molecule has 0 saturated heterocycles. The van der Waals surface area contributed by atoms with Gasteiger partial charge in [-0.25, -0.2) is 0 Å². The summed E-state index contributed by atoms with van der Waals surface area (Å²) in [6, 6.07) is 17.7. The van der Waals surface area contributed by atoms with Crippen LogP contribution in [0.4, 0.5) is 0 Å². The predicted molar refractivity (Wildman–Crippen MR) is 104 cm³/mol. The molecule has 0 bridgehead atoms. The molecule has 1 saturated carbocycles. The zero-order valence-corrected chi connectivity index (χ0v) is 15.0. The Labute approximate surface area is 147 Å². The van der Waals surface area contributed by atoms with E-state index in [0.29, 0.717) is 5.92 Å². The van der Waals surface area contributed by atoms with E-state index in [-0.39, 0.29) is 0 Å². The van der Waals surface area contributed by atoms with E-state index in [9.17, 15) is 0 Å². The van der Waals surface area contributed by atoms with Crippen LogP contribution in [0.25, 0.3) is 11.1 Å². The Hall–Kier alpha value is -2.00. The molecule has 0 atom stereocenters. The van der Waals surface area contributed by atoms with Gasteiger partial charge in [-0.2, -0.15) is 0 Å². The summed E-state index contributed by atoms with van der Waals surface area (Å²) in [7, 11) is 0. The van der Waals surface area contributed by atoms with E-state index in [0.717, 1.165) is 17.9 Å².